The highest BCUT2D eigenvalue weighted by molar-refractivity contribution is 6.04. The van der Waals surface area contributed by atoms with Crippen LogP contribution in [0.4, 0.5) is 5.82 Å². The summed E-state index contributed by atoms with van der Waals surface area (Å²) in [6, 6.07) is 9.41. The molecule has 1 aromatic carbocycles. The van der Waals surface area contributed by atoms with Crippen LogP contribution in [0.3, 0.4) is 0 Å². The Labute approximate surface area is 139 Å². The van der Waals surface area contributed by atoms with E-state index in [2.05, 4.69) is 19.9 Å². The molecule has 4 rings (SSSR count). The molecule has 1 aliphatic heterocycles. The summed E-state index contributed by atoms with van der Waals surface area (Å²) in [6.07, 6.45) is 5.58. The molecule has 6 nitrogen and oxygen atoms in total. The van der Waals surface area contributed by atoms with Crippen LogP contribution in [0.2, 0.25) is 0 Å². The number of carbonyl (C=O) groups excluding carboxylic acids is 1. The van der Waals surface area contributed by atoms with Gasteiger partial charge in [0.25, 0.3) is 5.91 Å². The minimum Gasteiger partial charge on any atom is -0.366 e. The number of aromatic nitrogens is 3. The van der Waals surface area contributed by atoms with Crippen molar-refractivity contribution in [3.63, 3.8) is 0 Å². The third kappa shape index (κ3) is 2.60. The van der Waals surface area contributed by atoms with Gasteiger partial charge in [-0.1, -0.05) is 6.07 Å². The van der Waals surface area contributed by atoms with Gasteiger partial charge in [0.1, 0.15) is 17.2 Å². The molecule has 0 aliphatic carbocycles. The first kappa shape index (κ1) is 14.7. The van der Waals surface area contributed by atoms with Crippen molar-refractivity contribution in [2.75, 3.05) is 18.0 Å². The molecule has 0 unspecified atom stereocenters. The van der Waals surface area contributed by atoms with Crippen molar-refractivity contribution in [2.24, 2.45) is 5.73 Å². The fourth-order valence-corrected chi connectivity index (χ4v) is 3.20. The molecule has 0 radical (unpaired) electrons. The lowest BCUT2D eigenvalue weighted by molar-refractivity contribution is 0.100. The monoisotopic (exact) mass is 321 g/mol. The van der Waals surface area contributed by atoms with Crippen molar-refractivity contribution in [3.8, 4) is 11.4 Å². The number of aromatic amines is 1. The summed E-state index contributed by atoms with van der Waals surface area (Å²) in [6.45, 7) is 2.14. The number of hydrogen-bond donors (Lipinski definition) is 2. The zero-order valence-corrected chi connectivity index (χ0v) is 13.3. The number of carbonyl (C=O) groups is 1. The van der Waals surface area contributed by atoms with E-state index < -0.39 is 5.91 Å². The number of hydrogen-bond acceptors (Lipinski definition) is 4. The maximum atomic E-state index is 11.5. The molecule has 1 aliphatic rings. The lowest BCUT2D eigenvalue weighted by Crippen LogP contribution is -2.29. The van der Waals surface area contributed by atoms with E-state index >= 15 is 0 Å². The Bertz CT molecular complexity index is 878. The van der Waals surface area contributed by atoms with Gasteiger partial charge in [-0.25, -0.2) is 9.97 Å². The molecule has 122 valence electrons. The molecule has 1 fully saturated rings. The molecule has 3 aromatic rings. The van der Waals surface area contributed by atoms with Crippen molar-refractivity contribution in [1.82, 2.24) is 15.0 Å². The molecule has 3 heterocycles. The number of nitrogens with zero attached hydrogens (tertiary/aromatic N) is 3. The topological polar surface area (TPSA) is 87.9 Å². The van der Waals surface area contributed by atoms with E-state index in [4.69, 9.17) is 5.73 Å². The maximum Gasteiger partial charge on any atom is 0.250 e. The molecular formula is C18H19N5O. The SMILES string of the molecule is NC(=O)c1cccc2[nH]c(-c3ccc(N4CCCCC4)nc3)nc12. The molecular weight excluding hydrogens is 302 g/mol. The number of primary amides is 1. The summed E-state index contributed by atoms with van der Waals surface area (Å²) in [7, 11) is 0. The molecule has 0 saturated carbocycles. The number of anilines is 1. The van der Waals surface area contributed by atoms with Gasteiger partial charge in [-0.2, -0.15) is 0 Å². The van der Waals surface area contributed by atoms with Gasteiger partial charge in [0.05, 0.1) is 11.1 Å². The Hall–Kier alpha value is -2.89. The number of rotatable bonds is 3. The predicted molar refractivity (Wildman–Crippen MR) is 93.9 cm³/mol. The number of benzene rings is 1. The van der Waals surface area contributed by atoms with Crippen molar-refractivity contribution >= 4 is 22.8 Å². The Balaban J connectivity index is 1.67. The van der Waals surface area contributed by atoms with Crippen LogP contribution in [-0.2, 0) is 0 Å². The van der Waals surface area contributed by atoms with E-state index in [1.54, 1.807) is 12.1 Å². The quantitative estimate of drug-likeness (QED) is 0.776. The molecule has 24 heavy (non-hydrogen) atoms. The molecule has 1 amide bonds. The van der Waals surface area contributed by atoms with Gasteiger partial charge < -0.3 is 15.6 Å². The van der Waals surface area contributed by atoms with Crippen LogP contribution >= 0.6 is 0 Å². The second-order valence-corrected chi connectivity index (χ2v) is 6.10. The second kappa shape index (κ2) is 5.96. The number of para-hydroxylation sites is 1. The summed E-state index contributed by atoms with van der Waals surface area (Å²) in [5, 5.41) is 0. The lowest BCUT2D eigenvalue weighted by Gasteiger charge is -2.27. The van der Waals surface area contributed by atoms with Crippen LogP contribution in [0.25, 0.3) is 22.4 Å². The van der Waals surface area contributed by atoms with E-state index in [9.17, 15) is 4.79 Å². The standard InChI is InChI=1S/C18H19N5O/c19-17(24)13-5-4-6-14-16(13)22-18(21-14)12-7-8-15(20-11-12)23-9-2-1-3-10-23/h4-8,11H,1-3,9-10H2,(H2,19,24)(H,21,22). The van der Waals surface area contributed by atoms with Crippen LogP contribution in [0, 0.1) is 0 Å². The van der Waals surface area contributed by atoms with E-state index in [1.165, 1.54) is 19.3 Å². The Morgan fingerprint density at radius 1 is 1.12 bits per heavy atom. The lowest BCUT2D eigenvalue weighted by atomic mass is 10.1. The third-order valence-corrected chi connectivity index (χ3v) is 4.48. The number of H-pyrrole nitrogens is 1. The predicted octanol–water partition coefficient (Wildman–Crippen LogP) is 2.71. The van der Waals surface area contributed by atoms with Gasteiger partial charge in [-0.3, -0.25) is 4.79 Å². The van der Waals surface area contributed by atoms with E-state index in [1.807, 2.05) is 24.4 Å². The van der Waals surface area contributed by atoms with Crippen LogP contribution in [0.1, 0.15) is 29.6 Å². The number of fused-ring (bicyclic) bond motifs is 1. The fraction of sp³-hybridized carbons (Fsp3) is 0.278. The summed E-state index contributed by atoms with van der Waals surface area (Å²) in [5.74, 6) is 1.22. The first-order valence-electron chi connectivity index (χ1n) is 8.22. The molecule has 0 atom stereocenters. The van der Waals surface area contributed by atoms with Gasteiger partial charge in [0.15, 0.2) is 0 Å². The fourth-order valence-electron chi connectivity index (χ4n) is 3.20. The number of piperidine rings is 1. The van der Waals surface area contributed by atoms with Gasteiger partial charge in [-0.15, -0.1) is 0 Å². The minimum absolute atomic E-state index is 0.424. The number of imidazole rings is 1. The first-order chi connectivity index (χ1) is 11.7. The zero-order chi connectivity index (χ0) is 16.5. The number of amides is 1. The van der Waals surface area contributed by atoms with E-state index in [-0.39, 0.29) is 0 Å². The number of nitrogens with two attached hydrogens (primary N) is 1. The van der Waals surface area contributed by atoms with Gasteiger partial charge >= 0.3 is 0 Å². The van der Waals surface area contributed by atoms with Crippen LogP contribution in [-0.4, -0.2) is 33.9 Å². The molecule has 0 bridgehead atoms. The van der Waals surface area contributed by atoms with Gasteiger partial charge in [0.2, 0.25) is 0 Å². The van der Waals surface area contributed by atoms with Crippen molar-refractivity contribution in [3.05, 3.63) is 42.1 Å². The maximum absolute atomic E-state index is 11.5. The Morgan fingerprint density at radius 2 is 1.96 bits per heavy atom. The highest BCUT2D eigenvalue weighted by atomic mass is 16.1. The Kier molecular flexibility index (Phi) is 3.65. The van der Waals surface area contributed by atoms with Crippen molar-refractivity contribution in [1.29, 1.82) is 0 Å². The van der Waals surface area contributed by atoms with E-state index in [0.717, 1.165) is 30.0 Å². The molecule has 6 heteroatoms. The van der Waals surface area contributed by atoms with Crippen LogP contribution in [0.5, 0.6) is 0 Å². The van der Waals surface area contributed by atoms with Crippen LogP contribution in [0.15, 0.2) is 36.5 Å². The largest absolute Gasteiger partial charge is 0.366 e. The molecule has 2 aromatic heterocycles. The zero-order valence-electron chi connectivity index (χ0n) is 13.3. The number of nitrogens with one attached hydrogen (secondary N) is 1. The normalized spacial score (nSPS) is 14.9. The average molecular weight is 321 g/mol. The molecule has 1 saturated heterocycles. The first-order valence-corrected chi connectivity index (χ1v) is 8.22. The third-order valence-electron chi connectivity index (χ3n) is 4.48. The second-order valence-electron chi connectivity index (χ2n) is 6.10. The smallest absolute Gasteiger partial charge is 0.250 e. The van der Waals surface area contributed by atoms with Crippen LogP contribution < -0.4 is 10.6 Å². The summed E-state index contributed by atoms with van der Waals surface area (Å²) >= 11 is 0. The summed E-state index contributed by atoms with van der Waals surface area (Å²) in [4.78, 5) is 26.2. The highest BCUT2D eigenvalue weighted by Gasteiger charge is 2.14. The number of pyridine rings is 1. The highest BCUT2D eigenvalue weighted by Crippen LogP contribution is 2.24. The molecule has 0 spiro atoms. The average Bonchev–Trinajstić information content (AvgIpc) is 3.06. The Morgan fingerprint density at radius 3 is 2.67 bits per heavy atom. The van der Waals surface area contributed by atoms with E-state index in [0.29, 0.717) is 16.9 Å². The summed E-state index contributed by atoms with van der Waals surface area (Å²) in [5.41, 5.74) is 8.12. The van der Waals surface area contributed by atoms with Crippen molar-refractivity contribution < 1.29 is 4.79 Å². The summed E-state index contributed by atoms with van der Waals surface area (Å²) < 4.78 is 0. The van der Waals surface area contributed by atoms with Gasteiger partial charge in [0, 0.05) is 24.8 Å². The molecule has 3 N–H and O–H groups in total. The minimum atomic E-state index is -0.475. The van der Waals surface area contributed by atoms with Crippen molar-refractivity contribution in [2.45, 2.75) is 19.3 Å². The van der Waals surface area contributed by atoms with Gasteiger partial charge in [-0.05, 0) is 43.5 Å².